The summed E-state index contributed by atoms with van der Waals surface area (Å²) in [7, 11) is 0. The summed E-state index contributed by atoms with van der Waals surface area (Å²) in [6.45, 7) is 0.648. The molecule has 1 N–H and O–H groups in total. The summed E-state index contributed by atoms with van der Waals surface area (Å²) in [6, 6.07) is 24.6. The summed E-state index contributed by atoms with van der Waals surface area (Å²) in [5, 5.41) is 14.0. The third kappa shape index (κ3) is 6.29. The molecule has 10 nitrogen and oxygen atoms in total. The van der Waals surface area contributed by atoms with Gasteiger partial charge in [0.15, 0.2) is 17.8 Å². The lowest BCUT2D eigenvalue weighted by Gasteiger charge is -2.37. The van der Waals surface area contributed by atoms with E-state index in [1.807, 2.05) is 54.6 Å². The normalized spacial score (nSPS) is 14.6. The Kier molecular flexibility index (Phi) is 8.35. The van der Waals surface area contributed by atoms with Gasteiger partial charge in [0.25, 0.3) is 5.89 Å². The molecule has 3 aromatic carbocycles. The lowest BCUT2D eigenvalue weighted by Crippen LogP contribution is -2.49. The Bertz CT molecular complexity index is 1810. The van der Waals surface area contributed by atoms with Gasteiger partial charge in [0.05, 0.1) is 6.26 Å². The molecule has 6 rings (SSSR count). The number of nitrogens with zero attached hydrogens (tertiary/aromatic N) is 3. The molecule has 1 saturated heterocycles. The van der Waals surface area contributed by atoms with Crippen molar-refractivity contribution in [2.45, 2.75) is 19.4 Å². The quantitative estimate of drug-likeness (QED) is 0.116. The Morgan fingerprint density at radius 2 is 1.64 bits per heavy atom. The van der Waals surface area contributed by atoms with Crippen LogP contribution in [0.25, 0.3) is 34.0 Å². The predicted molar refractivity (Wildman–Crippen MR) is 159 cm³/mol. The molecule has 1 aliphatic heterocycles. The maximum Gasteiger partial charge on any atom is 0.324 e. The Morgan fingerprint density at radius 1 is 0.911 bits per heavy atom. The van der Waals surface area contributed by atoms with E-state index in [9.17, 15) is 23.9 Å². The van der Waals surface area contributed by atoms with Gasteiger partial charge in [0.1, 0.15) is 5.82 Å². The van der Waals surface area contributed by atoms with Crippen molar-refractivity contribution in [2.24, 2.45) is 5.41 Å². The van der Waals surface area contributed by atoms with Crippen molar-refractivity contribution in [3.63, 3.8) is 0 Å². The number of carbonyl (C=O) groups excluding carboxylic acids is 2. The monoisotopic (exact) mass is 609 g/mol. The number of esters is 1. The number of ketones is 1. The van der Waals surface area contributed by atoms with Crippen LogP contribution in [-0.2, 0) is 20.9 Å². The third-order valence-corrected chi connectivity index (χ3v) is 7.99. The second-order valence-electron chi connectivity index (χ2n) is 10.8. The Balaban J connectivity index is 1.05. The van der Waals surface area contributed by atoms with Crippen LogP contribution in [0.4, 0.5) is 4.39 Å². The zero-order valence-corrected chi connectivity index (χ0v) is 24.0. The summed E-state index contributed by atoms with van der Waals surface area (Å²) < 4.78 is 30.4. The van der Waals surface area contributed by atoms with E-state index in [1.54, 1.807) is 12.1 Å². The van der Waals surface area contributed by atoms with Gasteiger partial charge in [-0.2, -0.15) is 4.98 Å². The van der Waals surface area contributed by atoms with Gasteiger partial charge in [0.2, 0.25) is 11.6 Å². The average Bonchev–Trinajstić information content (AvgIpc) is 3.78. The molecule has 45 heavy (non-hydrogen) atoms. The number of carbonyl (C=O) groups is 3. The maximum absolute atomic E-state index is 14.9. The molecule has 0 unspecified atom stereocenters. The number of piperidine rings is 1. The first-order valence-corrected chi connectivity index (χ1v) is 14.3. The second-order valence-corrected chi connectivity index (χ2v) is 10.8. The lowest BCUT2D eigenvalue weighted by molar-refractivity contribution is -0.172. The van der Waals surface area contributed by atoms with E-state index in [1.165, 1.54) is 24.5 Å². The first-order chi connectivity index (χ1) is 21.8. The Hall–Kier alpha value is -5.42. The molecule has 3 heterocycles. The Morgan fingerprint density at radius 3 is 2.31 bits per heavy atom. The van der Waals surface area contributed by atoms with E-state index in [0.717, 1.165) is 11.1 Å². The van der Waals surface area contributed by atoms with Crippen molar-refractivity contribution in [3.8, 4) is 34.0 Å². The molecule has 228 valence electrons. The first kappa shape index (κ1) is 29.6. The molecule has 0 spiro atoms. The molecule has 0 amide bonds. The fourth-order valence-corrected chi connectivity index (χ4v) is 5.35. The van der Waals surface area contributed by atoms with Crippen LogP contribution >= 0.6 is 0 Å². The number of benzene rings is 3. The smallest absolute Gasteiger partial charge is 0.324 e. The molecule has 0 atom stereocenters. The van der Waals surface area contributed by atoms with Crippen molar-refractivity contribution in [3.05, 3.63) is 108 Å². The van der Waals surface area contributed by atoms with E-state index in [-0.39, 0.29) is 24.5 Å². The van der Waals surface area contributed by atoms with E-state index in [0.29, 0.717) is 42.1 Å². The molecule has 5 aromatic rings. The third-order valence-electron chi connectivity index (χ3n) is 7.99. The number of halogens is 1. The van der Waals surface area contributed by atoms with Crippen LogP contribution in [0.2, 0.25) is 0 Å². The Labute approximate surface area is 257 Å². The largest absolute Gasteiger partial charge is 0.480 e. The van der Waals surface area contributed by atoms with Gasteiger partial charge in [-0.25, -0.2) is 4.39 Å². The van der Waals surface area contributed by atoms with Crippen LogP contribution in [0.3, 0.4) is 0 Å². The molecular formula is C34H28FN3O7. The fourth-order valence-electron chi connectivity index (χ4n) is 5.35. The lowest BCUT2D eigenvalue weighted by atomic mass is 9.78. The van der Waals surface area contributed by atoms with Crippen molar-refractivity contribution in [2.75, 3.05) is 19.7 Å². The van der Waals surface area contributed by atoms with Gasteiger partial charge in [-0.15, -0.1) is 0 Å². The average molecular weight is 610 g/mol. The zero-order valence-electron chi connectivity index (χ0n) is 24.0. The molecule has 2 aromatic heterocycles. The number of ether oxygens (including phenoxy) is 1. The highest BCUT2D eigenvalue weighted by atomic mass is 19.1. The number of Topliss-reactive ketones (excluding diaryl/α,β-unsaturated/α-hetero) is 1. The summed E-state index contributed by atoms with van der Waals surface area (Å²) in [5.74, 6) is -2.53. The zero-order chi connectivity index (χ0) is 31.4. The van der Waals surface area contributed by atoms with E-state index in [2.05, 4.69) is 15.0 Å². The van der Waals surface area contributed by atoms with Gasteiger partial charge in [-0.3, -0.25) is 19.3 Å². The highest BCUT2D eigenvalue weighted by Gasteiger charge is 2.49. The number of aromatic nitrogens is 2. The van der Waals surface area contributed by atoms with Crippen LogP contribution in [0, 0.1) is 11.2 Å². The molecule has 1 fully saturated rings. The first-order valence-electron chi connectivity index (χ1n) is 14.3. The van der Waals surface area contributed by atoms with Gasteiger partial charge in [-0.05, 0) is 48.2 Å². The molecule has 1 aliphatic rings. The number of hydrogen-bond donors (Lipinski definition) is 1. The SMILES string of the molecule is O=C(COC(=O)C1(C(=O)O)CCN(Cc2ccc(-c3noc(-c4ccc(-c5ccccc5)c(F)c4)n3)cc2)CC1)c1ccco1. The number of furan rings is 1. The van der Waals surface area contributed by atoms with Gasteiger partial charge < -0.3 is 18.8 Å². The maximum atomic E-state index is 14.9. The number of aliphatic carboxylic acids is 1. The van der Waals surface area contributed by atoms with Crippen molar-refractivity contribution >= 4 is 17.7 Å². The number of hydrogen-bond acceptors (Lipinski definition) is 9. The molecule has 0 radical (unpaired) electrons. The summed E-state index contributed by atoms with van der Waals surface area (Å²) in [6.07, 6.45) is 1.42. The van der Waals surface area contributed by atoms with Crippen LogP contribution in [0.15, 0.2) is 100 Å². The van der Waals surface area contributed by atoms with Gasteiger partial charge in [0, 0.05) is 36.3 Å². The van der Waals surface area contributed by atoms with Crippen LogP contribution in [0.5, 0.6) is 0 Å². The summed E-state index contributed by atoms with van der Waals surface area (Å²) in [5.41, 5.74) is 1.69. The van der Waals surface area contributed by atoms with E-state index in [4.69, 9.17) is 13.7 Å². The number of carboxylic acid groups (broad SMARTS) is 1. The standard InChI is InChI=1S/C34H28FN3O7/c35-27-19-25(12-13-26(27)23-5-2-1-3-6-23)31-36-30(37-45-31)24-10-8-22(9-11-24)20-38-16-14-34(15-17-38,32(40)41)33(42)44-21-28(39)29-7-4-18-43-29/h1-13,18-19H,14-17,20-21H2,(H,40,41). The van der Waals surface area contributed by atoms with Crippen LogP contribution in [-0.4, -0.2) is 57.6 Å². The van der Waals surface area contributed by atoms with Crippen LogP contribution < -0.4 is 0 Å². The topological polar surface area (TPSA) is 136 Å². The summed E-state index contributed by atoms with van der Waals surface area (Å²) in [4.78, 5) is 43.6. The van der Waals surface area contributed by atoms with E-state index < -0.39 is 35.6 Å². The highest BCUT2D eigenvalue weighted by molar-refractivity contribution is 6.01. The number of carboxylic acids is 1. The minimum atomic E-state index is -1.72. The number of rotatable bonds is 10. The van der Waals surface area contributed by atoms with E-state index >= 15 is 0 Å². The minimum Gasteiger partial charge on any atom is -0.480 e. The minimum absolute atomic E-state index is 0.0389. The van der Waals surface area contributed by atoms with Crippen molar-refractivity contribution < 1.29 is 37.6 Å². The van der Waals surface area contributed by atoms with Gasteiger partial charge >= 0.3 is 11.9 Å². The molecule has 0 aliphatic carbocycles. The highest BCUT2D eigenvalue weighted by Crippen LogP contribution is 2.34. The second kappa shape index (κ2) is 12.7. The van der Waals surface area contributed by atoms with Crippen LogP contribution in [0.1, 0.15) is 29.0 Å². The summed E-state index contributed by atoms with van der Waals surface area (Å²) >= 11 is 0. The van der Waals surface area contributed by atoms with Gasteiger partial charge in [-0.1, -0.05) is 65.8 Å². The molecule has 0 saturated carbocycles. The fraction of sp³-hybridized carbons (Fsp3) is 0.206. The van der Waals surface area contributed by atoms with Crippen molar-refractivity contribution in [1.82, 2.24) is 15.0 Å². The predicted octanol–water partition coefficient (Wildman–Crippen LogP) is 5.90. The molecule has 0 bridgehead atoms. The molecule has 11 heteroatoms. The van der Waals surface area contributed by atoms with Crippen molar-refractivity contribution in [1.29, 1.82) is 0 Å². The molecular weight excluding hydrogens is 581 g/mol. The number of likely N-dealkylation sites (tertiary alicyclic amines) is 1.